The third kappa shape index (κ3) is 7.17. The van der Waals surface area contributed by atoms with Gasteiger partial charge in [-0.1, -0.05) is 37.6 Å². The third-order valence-corrected chi connectivity index (χ3v) is 7.14. The highest BCUT2D eigenvalue weighted by Gasteiger charge is 2.33. The summed E-state index contributed by atoms with van der Waals surface area (Å²) in [7, 11) is 4.66. The minimum Gasteiger partial charge on any atom is -0.497 e. The summed E-state index contributed by atoms with van der Waals surface area (Å²) < 4.78 is 53.3. The molecule has 0 aliphatic rings. The Morgan fingerprint density at radius 2 is 1.73 bits per heavy atom. The summed E-state index contributed by atoms with van der Waals surface area (Å²) in [5, 5.41) is 9.30. The molecule has 3 rings (SSSR count). The maximum atomic E-state index is 15.5. The predicted octanol–water partition coefficient (Wildman–Crippen LogP) is 7.69. The van der Waals surface area contributed by atoms with Crippen molar-refractivity contribution in [2.75, 3.05) is 21.3 Å². The number of carboxylic acid groups (broad SMARTS) is 1. The number of carboxylic acids is 1. The first-order valence-electron chi connectivity index (χ1n) is 13.2. The first-order chi connectivity index (χ1) is 19.1. The van der Waals surface area contributed by atoms with Crippen LogP contribution in [0.25, 0.3) is 11.1 Å². The second-order valence-corrected chi connectivity index (χ2v) is 10.2. The molecule has 0 aliphatic carbocycles. The van der Waals surface area contributed by atoms with Crippen LogP contribution in [0.3, 0.4) is 0 Å². The van der Waals surface area contributed by atoms with Crippen molar-refractivity contribution < 1.29 is 37.6 Å². The van der Waals surface area contributed by atoms with Crippen LogP contribution in [0.4, 0.5) is 8.78 Å². The average Bonchev–Trinajstić information content (AvgIpc) is 2.93. The highest BCUT2D eigenvalue weighted by molar-refractivity contribution is 5.71. The monoisotopic (exact) mass is 556 g/mol. The molecule has 2 atom stereocenters. The Bertz CT molecular complexity index is 1310. The summed E-state index contributed by atoms with van der Waals surface area (Å²) >= 11 is 0. The number of methoxy groups -OCH3 is 3. The minimum absolute atomic E-state index is 0.0233. The van der Waals surface area contributed by atoms with Crippen molar-refractivity contribution in [1.82, 2.24) is 0 Å². The zero-order valence-electron chi connectivity index (χ0n) is 23.9. The van der Waals surface area contributed by atoms with E-state index >= 15 is 8.78 Å². The molecule has 0 fully saturated rings. The van der Waals surface area contributed by atoms with Crippen LogP contribution >= 0.6 is 0 Å². The van der Waals surface area contributed by atoms with Crippen molar-refractivity contribution in [3.05, 3.63) is 82.9 Å². The van der Waals surface area contributed by atoms with Gasteiger partial charge in [0.05, 0.1) is 19.1 Å². The van der Waals surface area contributed by atoms with Gasteiger partial charge in [0.2, 0.25) is 0 Å². The summed E-state index contributed by atoms with van der Waals surface area (Å²) in [5.74, 6) is -1.86. The molecule has 0 spiro atoms. The van der Waals surface area contributed by atoms with E-state index in [0.29, 0.717) is 40.0 Å². The molecule has 0 saturated carbocycles. The SMILES string of the molecule is CCC[C@@H](CC(=O)O)c1cccc(OCc2ccc(-c3cc(OC)ccc3F)c([C@@H](OC)C(C)(C)OC)c2)c1F. The zero-order chi connectivity index (χ0) is 29.4. The molecule has 3 aromatic rings. The van der Waals surface area contributed by atoms with E-state index in [1.165, 1.54) is 19.2 Å². The second kappa shape index (κ2) is 13.7. The highest BCUT2D eigenvalue weighted by atomic mass is 19.1. The van der Waals surface area contributed by atoms with Gasteiger partial charge < -0.3 is 24.1 Å². The van der Waals surface area contributed by atoms with E-state index in [9.17, 15) is 9.90 Å². The van der Waals surface area contributed by atoms with Crippen molar-refractivity contribution >= 4 is 5.97 Å². The van der Waals surface area contributed by atoms with E-state index in [0.717, 1.165) is 6.42 Å². The second-order valence-electron chi connectivity index (χ2n) is 10.2. The van der Waals surface area contributed by atoms with Gasteiger partial charge in [-0.3, -0.25) is 4.79 Å². The van der Waals surface area contributed by atoms with E-state index in [1.54, 1.807) is 50.6 Å². The van der Waals surface area contributed by atoms with Crippen molar-refractivity contribution in [3.63, 3.8) is 0 Å². The first kappa shape index (κ1) is 31.0. The lowest BCUT2D eigenvalue weighted by Gasteiger charge is -2.34. The Kier molecular flexibility index (Phi) is 10.7. The number of hydrogen-bond acceptors (Lipinski definition) is 5. The number of rotatable bonds is 14. The van der Waals surface area contributed by atoms with Crippen LogP contribution in [0.1, 0.15) is 68.7 Å². The van der Waals surface area contributed by atoms with E-state index < -0.39 is 35.2 Å². The fourth-order valence-electron chi connectivity index (χ4n) is 4.94. The van der Waals surface area contributed by atoms with Crippen LogP contribution in [-0.4, -0.2) is 38.0 Å². The Balaban J connectivity index is 2.01. The topological polar surface area (TPSA) is 74.2 Å². The van der Waals surface area contributed by atoms with E-state index in [1.807, 2.05) is 26.8 Å². The number of halogens is 2. The van der Waals surface area contributed by atoms with Gasteiger partial charge in [-0.2, -0.15) is 0 Å². The molecule has 6 nitrogen and oxygen atoms in total. The summed E-state index contributed by atoms with van der Waals surface area (Å²) in [6.45, 7) is 5.71. The van der Waals surface area contributed by atoms with E-state index in [-0.39, 0.29) is 18.8 Å². The standard InChI is InChI=1S/C32H38F2O6/c1-7-9-21(17-29(35)36)23-10-8-11-28(30(23)34)40-19-20-12-14-24(25-18-22(37-4)13-15-27(25)33)26(16-20)31(38-5)32(2,3)39-6/h8,10-16,18,21,31H,7,9,17,19H2,1-6H3,(H,35,36)/t21-,31+/m0/s1. The molecular weight excluding hydrogens is 518 g/mol. The average molecular weight is 557 g/mol. The van der Waals surface area contributed by atoms with Crippen LogP contribution in [0.5, 0.6) is 11.5 Å². The summed E-state index contributed by atoms with van der Waals surface area (Å²) in [6, 6.07) is 14.7. The molecule has 0 amide bonds. The van der Waals surface area contributed by atoms with E-state index in [4.69, 9.17) is 18.9 Å². The maximum absolute atomic E-state index is 15.5. The lowest BCUT2D eigenvalue weighted by atomic mass is 9.87. The molecule has 216 valence electrons. The van der Waals surface area contributed by atoms with Gasteiger partial charge in [0, 0.05) is 19.8 Å². The smallest absolute Gasteiger partial charge is 0.303 e. The number of aliphatic carboxylic acids is 1. The first-order valence-corrected chi connectivity index (χ1v) is 13.2. The molecule has 1 N–H and O–H groups in total. The normalized spacial score (nSPS) is 13.1. The van der Waals surface area contributed by atoms with Crippen molar-refractivity contribution in [2.45, 2.75) is 64.3 Å². The van der Waals surface area contributed by atoms with Gasteiger partial charge in [0.25, 0.3) is 0 Å². The van der Waals surface area contributed by atoms with Gasteiger partial charge in [-0.25, -0.2) is 8.78 Å². The van der Waals surface area contributed by atoms with Gasteiger partial charge in [0.15, 0.2) is 11.6 Å². The van der Waals surface area contributed by atoms with Crippen LogP contribution in [0.15, 0.2) is 54.6 Å². The predicted molar refractivity (Wildman–Crippen MR) is 150 cm³/mol. The van der Waals surface area contributed by atoms with Crippen LogP contribution in [-0.2, 0) is 20.9 Å². The molecule has 3 aromatic carbocycles. The van der Waals surface area contributed by atoms with Gasteiger partial charge in [-0.05, 0) is 78.8 Å². The number of ether oxygens (including phenoxy) is 4. The van der Waals surface area contributed by atoms with Crippen LogP contribution in [0, 0.1) is 11.6 Å². The number of benzene rings is 3. The molecule has 0 heterocycles. The lowest BCUT2D eigenvalue weighted by Crippen LogP contribution is -2.33. The van der Waals surface area contributed by atoms with Crippen LogP contribution < -0.4 is 9.47 Å². The van der Waals surface area contributed by atoms with Crippen molar-refractivity contribution in [1.29, 1.82) is 0 Å². The minimum atomic E-state index is -0.976. The fourth-order valence-corrected chi connectivity index (χ4v) is 4.94. The van der Waals surface area contributed by atoms with Gasteiger partial charge in [0.1, 0.15) is 24.3 Å². The molecular formula is C32H38F2O6. The Morgan fingerprint density at radius 1 is 0.975 bits per heavy atom. The molecule has 0 unspecified atom stereocenters. The van der Waals surface area contributed by atoms with E-state index in [2.05, 4.69) is 0 Å². The van der Waals surface area contributed by atoms with Crippen molar-refractivity contribution in [3.8, 4) is 22.6 Å². The largest absolute Gasteiger partial charge is 0.497 e. The van der Waals surface area contributed by atoms with Crippen molar-refractivity contribution in [2.24, 2.45) is 0 Å². The molecule has 8 heteroatoms. The molecule has 0 saturated heterocycles. The molecule has 0 aliphatic heterocycles. The fraction of sp³-hybridized carbons (Fsp3) is 0.406. The van der Waals surface area contributed by atoms with Gasteiger partial charge in [-0.15, -0.1) is 0 Å². The lowest BCUT2D eigenvalue weighted by molar-refractivity contribution is -0.137. The van der Waals surface area contributed by atoms with Gasteiger partial charge >= 0.3 is 5.97 Å². The summed E-state index contributed by atoms with van der Waals surface area (Å²) in [5.41, 5.74) is 1.87. The summed E-state index contributed by atoms with van der Waals surface area (Å²) in [6.07, 6.45) is 0.535. The Morgan fingerprint density at radius 3 is 2.35 bits per heavy atom. The quantitative estimate of drug-likeness (QED) is 0.219. The third-order valence-electron chi connectivity index (χ3n) is 7.14. The van der Waals surface area contributed by atoms with Crippen LogP contribution in [0.2, 0.25) is 0 Å². The summed E-state index contributed by atoms with van der Waals surface area (Å²) in [4.78, 5) is 11.4. The molecule has 0 aromatic heterocycles. The number of carbonyl (C=O) groups is 1. The molecule has 0 bridgehead atoms. The maximum Gasteiger partial charge on any atom is 0.303 e. The number of hydrogen-bond donors (Lipinski definition) is 1. The molecule has 0 radical (unpaired) electrons. The highest BCUT2D eigenvalue weighted by Crippen LogP contribution is 2.40. The zero-order valence-corrected chi connectivity index (χ0v) is 23.9. The molecule has 40 heavy (non-hydrogen) atoms. The Labute approximate surface area is 234 Å². The Hall–Kier alpha value is -3.49.